The van der Waals surface area contributed by atoms with Gasteiger partial charge in [0.15, 0.2) is 0 Å². The Morgan fingerprint density at radius 3 is 2.77 bits per heavy atom. The fraction of sp³-hybridized carbons (Fsp3) is 0.190. The standard InChI is InChI=1S/C21H21N7O3/c1-14-3-6-17(28-13-23-26-27-28)11-19(14)25-21(29)22-10-9-16-12-31-20(24-16)15-4-7-18(30-2)8-5-15/h3-8,11-13H,9-10H2,1-2H3,(H2,22,25,29). The zero-order chi connectivity index (χ0) is 21.6. The number of aryl methyl sites for hydroxylation is 1. The first-order valence-electron chi connectivity index (χ1n) is 9.60. The van der Waals surface area contributed by atoms with E-state index in [2.05, 4.69) is 31.1 Å². The van der Waals surface area contributed by atoms with Crippen LogP contribution in [0.15, 0.2) is 59.5 Å². The van der Waals surface area contributed by atoms with Crippen LogP contribution in [0.2, 0.25) is 0 Å². The molecule has 0 aliphatic heterocycles. The van der Waals surface area contributed by atoms with Crippen molar-refractivity contribution in [3.8, 4) is 22.9 Å². The third-order valence-electron chi connectivity index (χ3n) is 4.64. The van der Waals surface area contributed by atoms with Crippen molar-refractivity contribution in [1.82, 2.24) is 30.5 Å². The Hall–Kier alpha value is -4.21. The van der Waals surface area contributed by atoms with Crippen LogP contribution in [0.5, 0.6) is 5.75 Å². The number of methoxy groups -OCH3 is 1. The molecule has 0 atom stereocenters. The summed E-state index contributed by atoms with van der Waals surface area (Å²) in [7, 11) is 1.62. The van der Waals surface area contributed by atoms with E-state index >= 15 is 0 Å². The van der Waals surface area contributed by atoms with Crippen molar-refractivity contribution in [1.29, 1.82) is 0 Å². The molecule has 2 aromatic heterocycles. The molecule has 0 unspecified atom stereocenters. The van der Waals surface area contributed by atoms with E-state index in [9.17, 15) is 4.79 Å². The largest absolute Gasteiger partial charge is 0.497 e. The summed E-state index contributed by atoms with van der Waals surface area (Å²) in [4.78, 5) is 16.8. The number of nitrogens with one attached hydrogen (secondary N) is 2. The molecule has 0 spiro atoms. The summed E-state index contributed by atoms with van der Waals surface area (Å²) in [5, 5.41) is 16.8. The van der Waals surface area contributed by atoms with Gasteiger partial charge in [-0.05, 0) is 59.3 Å². The quantitative estimate of drug-likeness (QED) is 0.472. The number of rotatable bonds is 7. The Balaban J connectivity index is 1.31. The van der Waals surface area contributed by atoms with Crippen LogP contribution in [0.3, 0.4) is 0 Å². The first kappa shape index (κ1) is 20.1. The average Bonchev–Trinajstić information content (AvgIpc) is 3.48. The van der Waals surface area contributed by atoms with Gasteiger partial charge in [0.25, 0.3) is 0 Å². The Bertz CT molecular complexity index is 1150. The maximum atomic E-state index is 12.3. The molecule has 0 aliphatic carbocycles. The predicted molar refractivity (Wildman–Crippen MR) is 113 cm³/mol. The van der Waals surface area contributed by atoms with E-state index in [1.165, 1.54) is 11.0 Å². The van der Waals surface area contributed by atoms with Crippen LogP contribution < -0.4 is 15.4 Å². The molecule has 4 aromatic rings. The monoisotopic (exact) mass is 419 g/mol. The topological polar surface area (TPSA) is 120 Å². The Morgan fingerprint density at radius 2 is 2.03 bits per heavy atom. The van der Waals surface area contributed by atoms with Crippen LogP contribution >= 0.6 is 0 Å². The summed E-state index contributed by atoms with van der Waals surface area (Å²) in [6, 6.07) is 12.7. The number of anilines is 1. The fourth-order valence-corrected chi connectivity index (χ4v) is 2.93. The highest BCUT2D eigenvalue weighted by atomic mass is 16.5. The Labute approximate surface area is 178 Å². The minimum absolute atomic E-state index is 0.309. The molecule has 0 saturated carbocycles. The highest BCUT2D eigenvalue weighted by Crippen LogP contribution is 2.22. The molecule has 10 heteroatoms. The van der Waals surface area contributed by atoms with Crippen LogP contribution in [0, 0.1) is 6.92 Å². The first-order chi connectivity index (χ1) is 15.1. The zero-order valence-electron chi connectivity index (χ0n) is 17.1. The number of carbonyl (C=O) groups is 1. The van der Waals surface area contributed by atoms with Gasteiger partial charge >= 0.3 is 6.03 Å². The average molecular weight is 419 g/mol. The number of urea groups is 1. The molecule has 31 heavy (non-hydrogen) atoms. The number of tetrazole rings is 1. The molecule has 2 aromatic carbocycles. The molecule has 10 nitrogen and oxygen atoms in total. The fourth-order valence-electron chi connectivity index (χ4n) is 2.93. The molecule has 2 N–H and O–H groups in total. The van der Waals surface area contributed by atoms with Gasteiger partial charge in [-0.15, -0.1) is 5.10 Å². The molecule has 4 rings (SSSR count). The molecule has 0 radical (unpaired) electrons. The van der Waals surface area contributed by atoms with Crippen molar-refractivity contribution in [2.75, 3.05) is 19.0 Å². The molecular weight excluding hydrogens is 398 g/mol. The maximum Gasteiger partial charge on any atom is 0.319 e. The first-order valence-corrected chi connectivity index (χ1v) is 9.60. The van der Waals surface area contributed by atoms with Crippen molar-refractivity contribution in [2.24, 2.45) is 0 Å². The van der Waals surface area contributed by atoms with E-state index in [0.29, 0.717) is 24.5 Å². The number of hydrogen-bond donors (Lipinski definition) is 2. The molecule has 0 fully saturated rings. The molecule has 0 saturated heterocycles. The summed E-state index contributed by atoms with van der Waals surface area (Å²) in [6.45, 7) is 2.32. The third kappa shape index (κ3) is 4.86. The smallest absolute Gasteiger partial charge is 0.319 e. The van der Waals surface area contributed by atoms with Crippen molar-refractivity contribution in [2.45, 2.75) is 13.3 Å². The van der Waals surface area contributed by atoms with Crippen molar-refractivity contribution < 1.29 is 13.9 Å². The van der Waals surface area contributed by atoms with Crippen molar-refractivity contribution >= 4 is 11.7 Å². The Morgan fingerprint density at radius 1 is 1.19 bits per heavy atom. The van der Waals surface area contributed by atoms with Crippen molar-refractivity contribution in [3.63, 3.8) is 0 Å². The number of amides is 2. The second kappa shape index (κ2) is 9.08. The van der Waals surface area contributed by atoms with E-state index in [1.54, 1.807) is 13.4 Å². The number of hydrogen-bond acceptors (Lipinski definition) is 7. The van der Waals surface area contributed by atoms with Gasteiger partial charge < -0.3 is 19.8 Å². The van der Waals surface area contributed by atoms with Gasteiger partial charge in [0.05, 0.1) is 18.5 Å². The second-order valence-electron chi connectivity index (χ2n) is 6.76. The lowest BCUT2D eigenvalue weighted by atomic mass is 10.2. The lowest BCUT2D eigenvalue weighted by molar-refractivity contribution is 0.252. The van der Waals surface area contributed by atoms with Crippen LogP contribution in [-0.4, -0.2) is 44.9 Å². The molecule has 0 aliphatic rings. The highest BCUT2D eigenvalue weighted by molar-refractivity contribution is 5.90. The predicted octanol–water partition coefficient (Wildman–Crippen LogP) is 3.00. The Kier molecular flexibility index (Phi) is 5.88. The number of ether oxygens (including phenoxy) is 1. The molecule has 2 amide bonds. The molecule has 2 heterocycles. The van der Waals surface area contributed by atoms with Gasteiger partial charge in [-0.25, -0.2) is 14.5 Å². The SMILES string of the molecule is COc1ccc(-c2nc(CCNC(=O)Nc3cc(-n4cnnn4)ccc3C)co2)cc1. The van der Waals surface area contributed by atoms with Gasteiger partial charge in [0.1, 0.15) is 18.3 Å². The number of oxazole rings is 1. The van der Waals surface area contributed by atoms with Gasteiger partial charge in [-0.1, -0.05) is 6.07 Å². The summed E-state index contributed by atoms with van der Waals surface area (Å²) in [5.74, 6) is 1.29. The summed E-state index contributed by atoms with van der Waals surface area (Å²) >= 11 is 0. The van der Waals surface area contributed by atoms with Crippen LogP contribution in [0.25, 0.3) is 17.1 Å². The lowest BCUT2D eigenvalue weighted by Crippen LogP contribution is -2.30. The number of nitrogens with zero attached hydrogens (tertiary/aromatic N) is 5. The lowest BCUT2D eigenvalue weighted by Gasteiger charge is -2.11. The second-order valence-corrected chi connectivity index (χ2v) is 6.76. The van der Waals surface area contributed by atoms with Gasteiger partial charge in [-0.2, -0.15) is 0 Å². The van der Waals surface area contributed by atoms with E-state index in [1.807, 2.05) is 49.4 Å². The van der Waals surface area contributed by atoms with E-state index in [0.717, 1.165) is 28.3 Å². The molecule has 0 bridgehead atoms. The minimum atomic E-state index is -0.309. The summed E-state index contributed by atoms with van der Waals surface area (Å²) in [6.07, 6.45) is 3.63. The minimum Gasteiger partial charge on any atom is -0.497 e. The van der Waals surface area contributed by atoms with E-state index in [-0.39, 0.29) is 6.03 Å². The third-order valence-corrected chi connectivity index (χ3v) is 4.64. The normalized spacial score (nSPS) is 10.6. The van der Waals surface area contributed by atoms with Crippen LogP contribution in [0.4, 0.5) is 10.5 Å². The molecular formula is C21H21N7O3. The zero-order valence-corrected chi connectivity index (χ0v) is 17.1. The summed E-state index contributed by atoms with van der Waals surface area (Å²) in [5.41, 5.74) is 3.96. The van der Waals surface area contributed by atoms with Crippen LogP contribution in [0.1, 0.15) is 11.3 Å². The number of carbonyl (C=O) groups excluding carboxylic acids is 1. The summed E-state index contributed by atoms with van der Waals surface area (Å²) < 4.78 is 12.2. The molecule has 158 valence electrons. The van der Waals surface area contributed by atoms with E-state index < -0.39 is 0 Å². The number of aromatic nitrogens is 5. The van der Waals surface area contributed by atoms with Crippen LogP contribution in [-0.2, 0) is 6.42 Å². The van der Waals surface area contributed by atoms with Crippen molar-refractivity contribution in [3.05, 3.63) is 66.3 Å². The van der Waals surface area contributed by atoms with Gasteiger partial charge in [-0.3, -0.25) is 0 Å². The van der Waals surface area contributed by atoms with E-state index in [4.69, 9.17) is 9.15 Å². The van der Waals surface area contributed by atoms with Gasteiger partial charge in [0.2, 0.25) is 5.89 Å². The maximum absolute atomic E-state index is 12.3. The number of benzene rings is 2. The highest BCUT2D eigenvalue weighted by Gasteiger charge is 2.09. The van der Waals surface area contributed by atoms with Gasteiger partial charge in [0, 0.05) is 24.2 Å².